The summed E-state index contributed by atoms with van der Waals surface area (Å²) in [6.07, 6.45) is 6.33. The molecule has 0 spiro atoms. The van der Waals surface area contributed by atoms with Gasteiger partial charge in [0, 0.05) is 4.83 Å². The molecule has 1 heteroatoms. The third-order valence-electron chi connectivity index (χ3n) is 1.20. The van der Waals surface area contributed by atoms with E-state index in [9.17, 15) is 0 Å². The Morgan fingerprint density at radius 1 is 1.50 bits per heavy atom. The third kappa shape index (κ3) is 6.09. The summed E-state index contributed by atoms with van der Waals surface area (Å²) in [5.41, 5.74) is 1.38. The van der Waals surface area contributed by atoms with E-state index in [1.54, 1.807) is 0 Å². The summed E-state index contributed by atoms with van der Waals surface area (Å²) in [7, 11) is 0. The number of rotatable bonds is 4. The lowest BCUT2D eigenvalue weighted by molar-refractivity contribution is 0.902. The average molecular weight is 203 g/mol. The Morgan fingerprint density at radius 3 is 2.50 bits per heavy atom. The summed E-state index contributed by atoms with van der Waals surface area (Å²) >= 11 is 3.55. The number of halogens is 1. The topological polar surface area (TPSA) is 0 Å². The fourth-order valence-corrected chi connectivity index (χ4v) is 1.09. The van der Waals surface area contributed by atoms with Crippen LogP contribution in [0.5, 0.6) is 0 Å². The second-order valence-corrected chi connectivity index (χ2v) is 3.93. The van der Waals surface area contributed by atoms with E-state index in [1.807, 2.05) is 6.08 Å². The van der Waals surface area contributed by atoms with Gasteiger partial charge >= 0.3 is 0 Å². The van der Waals surface area contributed by atoms with Crippen LogP contribution in [-0.2, 0) is 0 Å². The van der Waals surface area contributed by atoms with Gasteiger partial charge in [0.2, 0.25) is 0 Å². The summed E-state index contributed by atoms with van der Waals surface area (Å²) in [5.74, 6) is 0. The lowest BCUT2D eigenvalue weighted by atomic mass is 10.2. The van der Waals surface area contributed by atoms with E-state index in [2.05, 4.69) is 42.4 Å². The third-order valence-corrected chi connectivity index (χ3v) is 1.95. The number of hydrogen-bond acceptors (Lipinski definition) is 0. The highest BCUT2D eigenvalue weighted by Gasteiger charge is 1.96. The van der Waals surface area contributed by atoms with Gasteiger partial charge in [-0.3, -0.25) is 0 Å². The molecule has 10 heavy (non-hydrogen) atoms. The largest absolute Gasteiger partial charge is 0.103 e. The van der Waals surface area contributed by atoms with Crippen molar-refractivity contribution in [2.24, 2.45) is 0 Å². The molecule has 0 aliphatic heterocycles. The van der Waals surface area contributed by atoms with Gasteiger partial charge in [0.25, 0.3) is 0 Å². The first-order chi connectivity index (χ1) is 4.66. The molecule has 0 saturated heterocycles. The van der Waals surface area contributed by atoms with Crippen molar-refractivity contribution in [3.05, 3.63) is 24.3 Å². The summed E-state index contributed by atoms with van der Waals surface area (Å²) in [6.45, 7) is 7.91. The minimum Gasteiger partial charge on any atom is -0.103 e. The van der Waals surface area contributed by atoms with Crippen molar-refractivity contribution in [3.8, 4) is 0 Å². The Labute approximate surface area is 72.1 Å². The summed E-state index contributed by atoms with van der Waals surface area (Å²) in [4.78, 5) is 0.569. The molecule has 0 aromatic heterocycles. The van der Waals surface area contributed by atoms with Gasteiger partial charge < -0.3 is 0 Å². The Morgan fingerprint density at radius 2 is 2.10 bits per heavy atom. The normalized spacial score (nSPS) is 12.3. The van der Waals surface area contributed by atoms with Crippen LogP contribution in [0.1, 0.15) is 26.7 Å². The molecule has 0 aromatic rings. The SMILES string of the molecule is C=CCC(Br)CC=C(C)C. The Hall–Kier alpha value is -0.0400. The maximum Gasteiger partial charge on any atom is 0.0214 e. The van der Waals surface area contributed by atoms with E-state index >= 15 is 0 Å². The molecule has 58 valence electrons. The fraction of sp³-hybridized carbons (Fsp3) is 0.556. The molecular formula is C9H15Br. The number of alkyl halides is 1. The van der Waals surface area contributed by atoms with Crippen LogP contribution in [-0.4, -0.2) is 4.83 Å². The lowest BCUT2D eigenvalue weighted by Crippen LogP contribution is -1.92. The predicted molar refractivity (Wildman–Crippen MR) is 51.6 cm³/mol. The van der Waals surface area contributed by atoms with Gasteiger partial charge in [0.05, 0.1) is 0 Å². The second kappa shape index (κ2) is 5.72. The monoisotopic (exact) mass is 202 g/mol. The molecule has 0 rings (SSSR count). The summed E-state index contributed by atoms with van der Waals surface area (Å²) in [5, 5.41) is 0. The molecule has 0 amide bonds. The van der Waals surface area contributed by atoms with Crippen LogP contribution >= 0.6 is 15.9 Å². The average Bonchev–Trinajstić information content (AvgIpc) is 1.85. The van der Waals surface area contributed by atoms with Gasteiger partial charge in [0.15, 0.2) is 0 Å². The zero-order valence-corrected chi connectivity index (χ0v) is 8.32. The van der Waals surface area contributed by atoms with Gasteiger partial charge in [-0.05, 0) is 26.7 Å². The molecule has 0 heterocycles. The molecule has 0 saturated carbocycles. The summed E-state index contributed by atoms with van der Waals surface area (Å²) in [6, 6.07) is 0. The van der Waals surface area contributed by atoms with E-state index in [1.165, 1.54) is 5.57 Å². The van der Waals surface area contributed by atoms with E-state index in [0.29, 0.717) is 4.83 Å². The van der Waals surface area contributed by atoms with Crippen LogP contribution in [0, 0.1) is 0 Å². The first-order valence-electron chi connectivity index (χ1n) is 3.55. The van der Waals surface area contributed by atoms with Crippen LogP contribution in [0.3, 0.4) is 0 Å². The fourth-order valence-electron chi connectivity index (χ4n) is 0.641. The van der Waals surface area contributed by atoms with E-state index in [0.717, 1.165) is 12.8 Å². The molecule has 0 aromatic carbocycles. The predicted octanol–water partition coefficient (Wildman–Crippen LogP) is 3.68. The van der Waals surface area contributed by atoms with Gasteiger partial charge in [-0.2, -0.15) is 0 Å². The molecule has 0 fully saturated rings. The number of allylic oxidation sites excluding steroid dienone is 3. The highest BCUT2D eigenvalue weighted by atomic mass is 79.9. The molecule has 0 N–H and O–H groups in total. The molecule has 0 aliphatic rings. The lowest BCUT2D eigenvalue weighted by Gasteiger charge is -2.01. The zero-order valence-electron chi connectivity index (χ0n) is 6.73. The molecule has 1 atom stereocenters. The molecule has 0 radical (unpaired) electrons. The minimum atomic E-state index is 0.569. The van der Waals surface area contributed by atoms with Crippen LogP contribution in [0.15, 0.2) is 24.3 Å². The standard InChI is InChI=1S/C9H15Br/c1-4-5-9(10)7-6-8(2)3/h4,6,9H,1,5,7H2,2-3H3. The molecule has 1 unspecified atom stereocenters. The van der Waals surface area contributed by atoms with E-state index in [4.69, 9.17) is 0 Å². The molecule has 0 aliphatic carbocycles. The van der Waals surface area contributed by atoms with Crippen molar-refractivity contribution in [1.82, 2.24) is 0 Å². The van der Waals surface area contributed by atoms with Crippen LogP contribution in [0.25, 0.3) is 0 Å². The smallest absolute Gasteiger partial charge is 0.0214 e. The van der Waals surface area contributed by atoms with Crippen LogP contribution < -0.4 is 0 Å². The van der Waals surface area contributed by atoms with Crippen molar-refractivity contribution >= 4 is 15.9 Å². The van der Waals surface area contributed by atoms with Gasteiger partial charge in [-0.1, -0.05) is 33.7 Å². The Bertz CT molecular complexity index is 121. The van der Waals surface area contributed by atoms with Crippen LogP contribution in [0.2, 0.25) is 0 Å². The minimum absolute atomic E-state index is 0.569. The van der Waals surface area contributed by atoms with Gasteiger partial charge in [-0.15, -0.1) is 6.58 Å². The zero-order chi connectivity index (χ0) is 7.98. The quantitative estimate of drug-likeness (QED) is 0.483. The molecule has 0 bridgehead atoms. The highest BCUT2D eigenvalue weighted by molar-refractivity contribution is 9.09. The van der Waals surface area contributed by atoms with Crippen molar-refractivity contribution < 1.29 is 0 Å². The van der Waals surface area contributed by atoms with Crippen molar-refractivity contribution in [3.63, 3.8) is 0 Å². The van der Waals surface area contributed by atoms with E-state index < -0.39 is 0 Å². The second-order valence-electron chi connectivity index (χ2n) is 2.64. The molecule has 0 nitrogen and oxygen atoms in total. The van der Waals surface area contributed by atoms with Crippen molar-refractivity contribution in [2.75, 3.05) is 0 Å². The molecular weight excluding hydrogens is 188 g/mol. The van der Waals surface area contributed by atoms with Gasteiger partial charge in [0.1, 0.15) is 0 Å². The number of hydrogen-bond donors (Lipinski definition) is 0. The summed E-state index contributed by atoms with van der Waals surface area (Å²) < 4.78 is 0. The maximum absolute atomic E-state index is 3.68. The first kappa shape index (κ1) is 9.96. The highest BCUT2D eigenvalue weighted by Crippen LogP contribution is 2.11. The Balaban J connectivity index is 3.48. The maximum atomic E-state index is 3.68. The van der Waals surface area contributed by atoms with Crippen molar-refractivity contribution in [2.45, 2.75) is 31.5 Å². The van der Waals surface area contributed by atoms with Gasteiger partial charge in [-0.25, -0.2) is 0 Å². The Kier molecular flexibility index (Phi) is 5.70. The van der Waals surface area contributed by atoms with Crippen molar-refractivity contribution in [1.29, 1.82) is 0 Å². The first-order valence-corrected chi connectivity index (χ1v) is 4.46. The van der Waals surface area contributed by atoms with Crippen LogP contribution in [0.4, 0.5) is 0 Å². The van der Waals surface area contributed by atoms with E-state index in [-0.39, 0.29) is 0 Å².